The Morgan fingerprint density at radius 3 is 2.71 bits per heavy atom. The minimum atomic E-state index is 0. The molecule has 1 saturated carbocycles. The van der Waals surface area contributed by atoms with Crippen LogP contribution in [0.4, 0.5) is 0 Å². The smallest absolute Gasteiger partial charge is 0.223 e. The van der Waals surface area contributed by atoms with Gasteiger partial charge in [0.05, 0.1) is 6.61 Å². The molecule has 6 heteroatoms. The Morgan fingerprint density at radius 2 is 2.00 bits per heavy atom. The van der Waals surface area contributed by atoms with Crippen molar-refractivity contribution in [1.29, 1.82) is 0 Å². The fraction of sp³-hybridized carbons (Fsp3) is 0.500. The Hall–Kier alpha value is -1.56. The number of nitrogens with one attached hydrogen (secondary N) is 1. The van der Waals surface area contributed by atoms with Crippen LogP contribution >= 0.6 is 23.7 Å². The summed E-state index contributed by atoms with van der Waals surface area (Å²) in [5.41, 5.74) is 1.63. The number of piperidine rings is 1. The van der Waals surface area contributed by atoms with Crippen molar-refractivity contribution >= 4 is 29.7 Å². The van der Waals surface area contributed by atoms with Crippen LogP contribution in [0.25, 0.3) is 0 Å². The molecule has 1 amide bonds. The fourth-order valence-corrected chi connectivity index (χ4v) is 4.91. The van der Waals surface area contributed by atoms with E-state index in [1.165, 1.54) is 24.8 Å². The molecule has 4 rings (SSSR count). The summed E-state index contributed by atoms with van der Waals surface area (Å²) < 4.78 is 5.75. The number of carbonyl (C=O) groups excluding carboxylic acids is 1. The van der Waals surface area contributed by atoms with Crippen molar-refractivity contribution in [3.05, 3.63) is 52.7 Å². The molecule has 28 heavy (non-hydrogen) atoms. The first-order valence-electron chi connectivity index (χ1n) is 9.96. The third kappa shape index (κ3) is 5.07. The number of rotatable bonds is 8. The highest BCUT2D eigenvalue weighted by Gasteiger charge is 2.57. The van der Waals surface area contributed by atoms with Gasteiger partial charge in [0.25, 0.3) is 0 Å². The van der Waals surface area contributed by atoms with Crippen LogP contribution in [0.2, 0.25) is 0 Å². The summed E-state index contributed by atoms with van der Waals surface area (Å²) >= 11 is 1.70. The molecule has 1 aromatic carbocycles. The predicted octanol–water partition coefficient (Wildman–Crippen LogP) is 4.50. The third-order valence-electron chi connectivity index (χ3n) is 5.92. The molecule has 1 atom stereocenters. The van der Waals surface area contributed by atoms with Gasteiger partial charge in [-0.25, -0.2) is 0 Å². The second-order valence-electron chi connectivity index (χ2n) is 7.75. The molecule has 1 aromatic heterocycles. The van der Waals surface area contributed by atoms with E-state index in [0.29, 0.717) is 24.5 Å². The number of amides is 1. The summed E-state index contributed by atoms with van der Waals surface area (Å²) in [4.78, 5) is 15.2. The van der Waals surface area contributed by atoms with Gasteiger partial charge in [0, 0.05) is 19.0 Å². The van der Waals surface area contributed by atoms with E-state index in [1.807, 2.05) is 30.3 Å². The Labute approximate surface area is 177 Å². The number of halogens is 1. The van der Waals surface area contributed by atoms with Gasteiger partial charge in [-0.1, -0.05) is 18.2 Å². The minimum Gasteiger partial charge on any atom is -0.494 e. The molecule has 1 spiro atoms. The first kappa shape index (κ1) is 21.2. The number of hydrogen-bond donors (Lipinski definition) is 1. The summed E-state index contributed by atoms with van der Waals surface area (Å²) in [6.07, 6.45) is 4.88. The molecule has 1 aliphatic heterocycles. The number of thiophene rings is 1. The van der Waals surface area contributed by atoms with E-state index >= 15 is 0 Å². The molecule has 2 heterocycles. The first-order chi connectivity index (χ1) is 13.3. The molecule has 2 aromatic rings. The van der Waals surface area contributed by atoms with Crippen LogP contribution in [-0.2, 0) is 11.3 Å². The standard InChI is InChI=1S/C22H28N2O2S.ClH/c25-21(7-4-13-26-19-5-2-1-3-6-19)24(16-18-8-14-27-17-18)20-15-22(20)9-11-23-12-10-22;/h1-3,5-6,8,14,17,20,23H,4,7,9-13,15-16H2;1H. The number of ether oxygens (including phenoxy) is 1. The van der Waals surface area contributed by atoms with Crippen LogP contribution < -0.4 is 10.1 Å². The number of carbonyl (C=O) groups is 1. The van der Waals surface area contributed by atoms with E-state index in [-0.39, 0.29) is 18.3 Å². The summed E-state index contributed by atoms with van der Waals surface area (Å²) in [6.45, 7) is 3.51. The summed E-state index contributed by atoms with van der Waals surface area (Å²) in [7, 11) is 0. The van der Waals surface area contributed by atoms with E-state index < -0.39 is 0 Å². The van der Waals surface area contributed by atoms with Crippen LogP contribution in [0.1, 0.15) is 37.7 Å². The molecule has 4 nitrogen and oxygen atoms in total. The van der Waals surface area contributed by atoms with Crippen molar-refractivity contribution in [2.24, 2.45) is 5.41 Å². The normalized spacial score (nSPS) is 19.6. The van der Waals surface area contributed by atoms with Gasteiger partial charge in [0.15, 0.2) is 0 Å². The summed E-state index contributed by atoms with van der Waals surface area (Å²) in [5.74, 6) is 1.15. The second kappa shape index (κ2) is 9.77. The molecule has 1 saturated heterocycles. The van der Waals surface area contributed by atoms with E-state index in [0.717, 1.165) is 31.8 Å². The minimum absolute atomic E-state index is 0. The fourth-order valence-electron chi connectivity index (χ4n) is 4.25. The van der Waals surface area contributed by atoms with E-state index in [1.54, 1.807) is 11.3 Å². The van der Waals surface area contributed by atoms with Crippen LogP contribution in [0.3, 0.4) is 0 Å². The van der Waals surface area contributed by atoms with Gasteiger partial charge in [-0.05, 0) is 78.7 Å². The quantitative estimate of drug-likeness (QED) is 0.639. The highest BCUT2D eigenvalue weighted by atomic mass is 35.5. The van der Waals surface area contributed by atoms with Crippen molar-refractivity contribution in [2.45, 2.75) is 44.7 Å². The van der Waals surface area contributed by atoms with Crippen molar-refractivity contribution in [1.82, 2.24) is 10.2 Å². The second-order valence-corrected chi connectivity index (χ2v) is 8.53. The molecule has 0 bridgehead atoms. The van der Waals surface area contributed by atoms with Gasteiger partial charge in [-0.2, -0.15) is 11.3 Å². The SMILES string of the molecule is Cl.O=C(CCCOc1ccccc1)N(Cc1ccsc1)C1CC12CCNCC2. The molecule has 1 unspecified atom stereocenters. The zero-order valence-corrected chi connectivity index (χ0v) is 17.8. The van der Waals surface area contributed by atoms with Gasteiger partial charge in [-0.15, -0.1) is 12.4 Å². The Morgan fingerprint density at radius 1 is 1.21 bits per heavy atom. The lowest BCUT2D eigenvalue weighted by atomic mass is 9.93. The average molecular weight is 421 g/mol. The first-order valence-corrected chi connectivity index (χ1v) is 10.9. The number of para-hydroxylation sites is 1. The van der Waals surface area contributed by atoms with Gasteiger partial charge >= 0.3 is 0 Å². The maximum atomic E-state index is 13.0. The zero-order valence-electron chi connectivity index (χ0n) is 16.1. The maximum absolute atomic E-state index is 13.0. The van der Waals surface area contributed by atoms with Crippen molar-refractivity contribution in [3.8, 4) is 5.75 Å². The Bertz CT molecular complexity index is 732. The van der Waals surface area contributed by atoms with Crippen molar-refractivity contribution in [3.63, 3.8) is 0 Å². The molecule has 1 aliphatic carbocycles. The average Bonchev–Trinajstić information content (AvgIpc) is 3.13. The molecular formula is C22H29ClN2O2S. The monoisotopic (exact) mass is 420 g/mol. The van der Waals surface area contributed by atoms with Crippen LogP contribution in [-0.4, -0.2) is 36.5 Å². The molecule has 1 N–H and O–H groups in total. The molecule has 2 aliphatic rings. The maximum Gasteiger partial charge on any atom is 0.223 e. The summed E-state index contributed by atoms with van der Waals surface area (Å²) in [6, 6.07) is 12.4. The van der Waals surface area contributed by atoms with Gasteiger partial charge in [0.2, 0.25) is 5.91 Å². The lowest BCUT2D eigenvalue weighted by molar-refractivity contribution is -0.133. The lowest BCUT2D eigenvalue weighted by Crippen LogP contribution is -2.39. The topological polar surface area (TPSA) is 41.6 Å². The van der Waals surface area contributed by atoms with E-state index in [9.17, 15) is 4.79 Å². The third-order valence-corrected chi connectivity index (χ3v) is 6.65. The molecule has 152 valence electrons. The van der Waals surface area contributed by atoms with E-state index in [2.05, 4.69) is 27.0 Å². The van der Waals surface area contributed by atoms with Crippen molar-refractivity contribution in [2.75, 3.05) is 19.7 Å². The van der Waals surface area contributed by atoms with Gasteiger partial charge in [-0.3, -0.25) is 4.79 Å². The lowest BCUT2D eigenvalue weighted by Gasteiger charge is -2.29. The van der Waals surface area contributed by atoms with Crippen molar-refractivity contribution < 1.29 is 9.53 Å². The predicted molar refractivity (Wildman–Crippen MR) is 116 cm³/mol. The highest BCUT2D eigenvalue weighted by Crippen LogP contribution is 2.56. The van der Waals surface area contributed by atoms with Crippen LogP contribution in [0.15, 0.2) is 47.2 Å². The molecule has 0 radical (unpaired) electrons. The van der Waals surface area contributed by atoms with Crippen LogP contribution in [0, 0.1) is 5.41 Å². The zero-order chi connectivity index (χ0) is 18.5. The summed E-state index contributed by atoms with van der Waals surface area (Å²) in [5, 5.41) is 7.71. The largest absolute Gasteiger partial charge is 0.494 e. The molecular weight excluding hydrogens is 392 g/mol. The van der Waals surface area contributed by atoms with E-state index in [4.69, 9.17) is 4.74 Å². The van der Waals surface area contributed by atoms with Gasteiger partial charge in [0.1, 0.15) is 5.75 Å². The molecule has 2 fully saturated rings. The number of hydrogen-bond acceptors (Lipinski definition) is 4. The van der Waals surface area contributed by atoms with Crippen LogP contribution in [0.5, 0.6) is 5.75 Å². The number of benzene rings is 1. The highest BCUT2D eigenvalue weighted by molar-refractivity contribution is 7.07. The van der Waals surface area contributed by atoms with Gasteiger partial charge < -0.3 is 15.0 Å². The Kier molecular flexibility index (Phi) is 7.38. The number of nitrogens with zero attached hydrogens (tertiary/aromatic N) is 1. The Balaban J connectivity index is 0.00000225.